The van der Waals surface area contributed by atoms with Gasteiger partial charge in [-0.25, -0.2) is 0 Å². The molecule has 3 amide bonds. The molecule has 0 aliphatic carbocycles. The van der Waals surface area contributed by atoms with Crippen molar-refractivity contribution in [2.45, 2.75) is 63.8 Å². The van der Waals surface area contributed by atoms with E-state index in [-0.39, 0.29) is 43.3 Å². The molecule has 3 saturated heterocycles. The minimum atomic E-state index is -1.27. The number of hydrogen-bond acceptors (Lipinski definition) is 6. The number of aliphatic hydroxyl groups excluding tert-OH is 1. The standard InChI is InChI=1S/C36H44ClN3O6/c1-7-20-38(26-14-16-27(17-15-26)45-9-3)32(42)29-30-33(43)40(28(22-41)23(4)5)31(36(30)19-18-35(29,6)46-36)34(44)39(21-8-2)25-12-10-24(37)11-13-25/h7-8,10-17,23,28-31,41H,1-2,9,18-22H2,3-6H3/t28-,29-,30-,31?,35+,36?/m0/s1. The second kappa shape index (κ2) is 13.2. The van der Waals surface area contributed by atoms with Crippen molar-refractivity contribution in [1.29, 1.82) is 0 Å². The molecule has 0 radical (unpaired) electrons. The van der Waals surface area contributed by atoms with E-state index in [2.05, 4.69) is 13.2 Å². The second-order valence-electron chi connectivity index (χ2n) is 12.8. The van der Waals surface area contributed by atoms with Crippen LogP contribution in [-0.2, 0) is 19.1 Å². The molecule has 1 spiro atoms. The Morgan fingerprint density at radius 1 is 1.04 bits per heavy atom. The molecule has 0 aromatic heterocycles. The largest absolute Gasteiger partial charge is 0.494 e. The lowest BCUT2D eigenvalue weighted by atomic mass is 9.66. The van der Waals surface area contributed by atoms with Gasteiger partial charge in [0, 0.05) is 29.5 Å². The maximum atomic E-state index is 14.8. The summed E-state index contributed by atoms with van der Waals surface area (Å²) in [6.07, 6.45) is 4.18. The molecule has 2 aromatic carbocycles. The van der Waals surface area contributed by atoms with Crippen molar-refractivity contribution in [2.24, 2.45) is 17.8 Å². The lowest BCUT2D eigenvalue weighted by molar-refractivity contribution is -0.149. The van der Waals surface area contributed by atoms with E-state index < -0.39 is 35.1 Å². The minimum Gasteiger partial charge on any atom is -0.494 e. The Hall–Kier alpha value is -3.66. The highest BCUT2D eigenvalue weighted by atomic mass is 35.5. The Morgan fingerprint density at radius 2 is 1.61 bits per heavy atom. The molecule has 2 unspecified atom stereocenters. The molecular weight excluding hydrogens is 606 g/mol. The maximum Gasteiger partial charge on any atom is 0.253 e. The van der Waals surface area contributed by atoms with Crippen LogP contribution in [-0.4, -0.2) is 77.3 Å². The molecule has 0 saturated carbocycles. The van der Waals surface area contributed by atoms with E-state index in [1.807, 2.05) is 39.8 Å². The third-order valence-corrected chi connectivity index (χ3v) is 10.0. The summed E-state index contributed by atoms with van der Waals surface area (Å²) in [6, 6.07) is 12.4. The van der Waals surface area contributed by atoms with E-state index in [0.29, 0.717) is 41.6 Å². The van der Waals surface area contributed by atoms with Gasteiger partial charge in [0.1, 0.15) is 17.4 Å². The molecule has 1 N–H and O–H groups in total. The Bertz CT molecular complexity index is 1480. The van der Waals surface area contributed by atoms with Crippen LogP contribution in [0.2, 0.25) is 5.02 Å². The van der Waals surface area contributed by atoms with Crippen LogP contribution in [0, 0.1) is 17.8 Å². The number of anilines is 2. The number of rotatable bonds is 13. The molecule has 46 heavy (non-hydrogen) atoms. The first kappa shape index (κ1) is 33.7. The fourth-order valence-corrected chi connectivity index (χ4v) is 7.85. The van der Waals surface area contributed by atoms with Crippen molar-refractivity contribution in [3.05, 3.63) is 78.9 Å². The number of carbonyl (C=O) groups is 3. The summed E-state index contributed by atoms with van der Waals surface area (Å²) in [5.74, 6) is -2.27. The number of carbonyl (C=O) groups excluding carboxylic acids is 3. The van der Waals surface area contributed by atoms with Crippen molar-refractivity contribution < 1.29 is 29.0 Å². The second-order valence-corrected chi connectivity index (χ2v) is 13.3. The molecule has 246 valence electrons. The van der Waals surface area contributed by atoms with E-state index >= 15 is 0 Å². The Morgan fingerprint density at radius 3 is 2.13 bits per heavy atom. The summed E-state index contributed by atoms with van der Waals surface area (Å²) >= 11 is 6.16. The third kappa shape index (κ3) is 5.52. The van der Waals surface area contributed by atoms with Crippen LogP contribution in [0.15, 0.2) is 73.8 Å². The van der Waals surface area contributed by atoms with Gasteiger partial charge in [-0.2, -0.15) is 0 Å². The molecule has 3 fully saturated rings. The number of aliphatic hydroxyl groups is 1. The van der Waals surface area contributed by atoms with Gasteiger partial charge in [-0.15, -0.1) is 13.2 Å². The van der Waals surface area contributed by atoms with Crippen molar-refractivity contribution in [2.75, 3.05) is 36.1 Å². The summed E-state index contributed by atoms with van der Waals surface area (Å²) in [6.45, 7) is 15.9. The quantitative estimate of drug-likeness (QED) is 0.297. The zero-order valence-electron chi connectivity index (χ0n) is 27.0. The van der Waals surface area contributed by atoms with Gasteiger partial charge in [0.05, 0.1) is 36.7 Å². The van der Waals surface area contributed by atoms with Gasteiger partial charge in [-0.05, 0) is 81.1 Å². The summed E-state index contributed by atoms with van der Waals surface area (Å²) in [4.78, 5) is 49.0. The maximum absolute atomic E-state index is 14.8. The number of hydrogen-bond donors (Lipinski definition) is 1. The monoisotopic (exact) mass is 649 g/mol. The van der Waals surface area contributed by atoms with Crippen molar-refractivity contribution in [3.8, 4) is 5.75 Å². The van der Waals surface area contributed by atoms with Gasteiger partial charge in [0.2, 0.25) is 11.8 Å². The summed E-state index contributed by atoms with van der Waals surface area (Å²) in [5.41, 5.74) is -1.02. The number of fused-ring (bicyclic) bond motifs is 1. The predicted octanol–water partition coefficient (Wildman–Crippen LogP) is 5.26. The highest BCUT2D eigenvalue weighted by Crippen LogP contribution is 2.64. The lowest BCUT2D eigenvalue weighted by Crippen LogP contribution is -2.60. The van der Waals surface area contributed by atoms with Crippen LogP contribution >= 0.6 is 11.6 Å². The normalized spacial score (nSPS) is 27.0. The summed E-state index contributed by atoms with van der Waals surface area (Å²) in [5, 5.41) is 11.1. The van der Waals surface area contributed by atoms with E-state index in [1.54, 1.807) is 58.4 Å². The van der Waals surface area contributed by atoms with Gasteiger partial charge >= 0.3 is 0 Å². The van der Waals surface area contributed by atoms with E-state index in [4.69, 9.17) is 21.1 Å². The lowest BCUT2D eigenvalue weighted by Gasteiger charge is -2.40. The molecule has 3 aliphatic rings. The first-order chi connectivity index (χ1) is 22.0. The van der Waals surface area contributed by atoms with Crippen LogP contribution < -0.4 is 14.5 Å². The SMILES string of the molecule is C=CCN(C(=O)C1N([C@@H](CO)C(C)C)C(=O)[C@@H]2[C@@H](C(=O)N(CC=C)c3ccc(OCC)cc3)[C@@]3(C)CCC12O3)c1ccc(Cl)cc1. The van der Waals surface area contributed by atoms with Gasteiger partial charge in [0.25, 0.3) is 5.91 Å². The molecule has 9 nitrogen and oxygen atoms in total. The minimum absolute atomic E-state index is 0.175. The number of ether oxygens (including phenoxy) is 2. The zero-order chi connectivity index (χ0) is 33.4. The zero-order valence-corrected chi connectivity index (χ0v) is 27.8. The van der Waals surface area contributed by atoms with Crippen LogP contribution in [0.5, 0.6) is 5.75 Å². The smallest absolute Gasteiger partial charge is 0.253 e. The number of halogens is 1. The first-order valence-corrected chi connectivity index (χ1v) is 16.3. The average Bonchev–Trinajstić information content (AvgIpc) is 3.60. The topological polar surface area (TPSA) is 99.6 Å². The Kier molecular flexibility index (Phi) is 9.68. The highest BCUT2D eigenvalue weighted by molar-refractivity contribution is 6.30. The molecule has 10 heteroatoms. The van der Waals surface area contributed by atoms with Crippen LogP contribution in [0.25, 0.3) is 0 Å². The molecule has 3 heterocycles. The van der Waals surface area contributed by atoms with Crippen LogP contribution in [0.1, 0.15) is 40.5 Å². The van der Waals surface area contributed by atoms with Gasteiger partial charge < -0.3 is 29.3 Å². The fourth-order valence-electron chi connectivity index (χ4n) is 7.73. The van der Waals surface area contributed by atoms with Crippen LogP contribution in [0.4, 0.5) is 11.4 Å². The first-order valence-electron chi connectivity index (χ1n) is 15.9. The molecule has 6 atom stereocenters. The average molecular weight is 650 g/mol. The highest BCUT2D eigenvalue weighted by Gasteiger charge is 2.79. The van der Waals surface area contributed by atoms with Crippen molar-refractivity contribution in [1.82, 2.24) is 4.90 Å². The van der Waals surface area contributed by atoms with Crippen molar-refractivity contribution in [3.63, 3.8) is 0 Å². The Labute approximate surface area is 276 Å². The van der Waals surface area contributed by atoms with E-state index in [0.717, 1.165) is 0 Å². The van der Waals surface area contributed by atoms with Gasteiger partial charge in [-0.3, -0.25) is 14.4 Å². The summed E-state index contributed by atoms with van der Waals surface area (Å²) in [7, 11) is 0. The van der Waals surface area contributed by atoms with Crippen LogP contribution in [0.3, 0.4) is 0 Å². The van der Waals surface area contributed by atoms with E-state index in [1.165, 1.54) is 4.90 Å². The number of nitrogens with zero attached hydrogens (tertiary/aromatic N) is 3. The number of amides is 3. The Balaban J connectivity index is 1.61. The van der Waals surface area contributed by atoms with Crippen molar-refractivity contribution >= 4 is 40.7 Å². The van der Waals surface area contributed by atoms with Gasteiger partial charge in [-0.1, -0.05) is 37.6 Å². The molecule has 3 aliphatic heterocycles. The molecular formula is C36H44ClN3O6. The molecule has 2 bridgehead atoms. The van der Waals surface area contributed by atoms with E-state index in [9.17, 15) is 19.5 Å². The summed E-state index contributed by atoms with van der Waals surface area (Å²) < 4.78 is 12.5. The number of likely N-dealkylation sites (tertiary alicyclic amines) is 1. The third-order valence-electron chi connectivity index (χ3n) is 9.78. The predicted molar refractivity (Wildman–Crippen MR) is 179 cm³/mol. The molecule has 5 rings (SSSR count). The molecule has 2 aromatic rings. The fraction of sp³-hybridized carbons (Fsp3) is 0.472. The number of benzene rings is 2. The van der Waals surface area contributed by atoms with Gasteiger partial charge in [0.15, 0.2) is 0 Å².